The first-order valence-electron chi connectivity index (χ1n) is 21.0. The van der Waals surface area contributed by atoms with Crippen molar-refractivity contribution in [1.29, 1.82) is 0 Å². The minimum Gasteiger partial charge on any atom is -0.0622 e. The molecule has 0 nitrogen and oxygen atoms in total. The summed E-state index contributed by atoms with van der Waals surface area (Å²) in [4.78, 5) is 0. The van der Waals surface area contributed by atoms with Gasteiger partial charge in [-0.05, 0) is 98.7 Å². The third-order valence-electron chi connectivity index (χ3n) is 13.8. The van der Waals surface area contributed by atoms with Gasteiger partial charge in [0.2, 0.25) is 0 Å². The maximum Gasteiger partial charge on any atom is 0.182 e. The quantitative estimate of drug-likeness (QED) is 0.148. The van der Waals surface area contributed by atoms with Crippen molar-refractivity contribution in [3.63, 3.8) is 0 Å². The average molecular weight is 771 g/mol. The molecule has 0 saturated carbocycles. The van der Waals surface area contributed by atoms with Crippen LogP contribution in [-0.2, 0) is 10.8 Å². The Labute approximate surface area is 349 Å². The Morgan fingerprint density at radius 1 is 0.288 bits per heavy atom. The maximum atomic E-state index is 2.65. The zero-order chi connectivity index (χ0) is 39.9. The molecule has 0 fully saturated rings. The van der Waals surface area contributed by atoms with Crippen molar-refractivity contribution < 1.29 is 0 Å². The molecule has 8 aromatic rings. The van der Waals surface area contributed by atoms with Crippen molar-refractivity contribution in [2.45, 2.75) is 38.5 Å². The van der Waals surface area contributed by atoms with E-state index < -0.39 is 8.07 Å². The molecule has 59 heavy (non-hydrogen) atoms. The van der Waals surface area contributed by atoms with E-state index in [1.165, 1.54) is 98.7 Å². The second kappa shape index (κ2) is 13.2. The lowest BCUT2D eigenvalue weighted by Crippen LogP contribution is -2.60. The van der Waals surface area contributed by atoms with Crippen molar-refractivity contribution in [2.75, 3.05) is 0 Å². The number of hydrogen-bond acceptors (Lipinski definition) is 0. The van der Waals surface area contributed by atoms with Gasteiger partial charge < -0.3 is 0 Å². The Hall–Kier alpha value is -6.54. The van der Waals surface area contributed by atoms with E-state index in [0.717, 1.165) is 0 Å². The van der Waals surface area contributed by atoms with Crippen LogP contribution in [0.4, 0.5) is 0 Å². The van der Waals surface area contributed by atoms with Gasteiger partial charge in [0.1, 0.15) is 0 Å². The van der Waals surface area contributed by atoms with E-state index in [9.17, 15) is 0 Å². The van der Waals surface area contributed by atoms with E-state index >= 15 is 0 Å². The lowest BCUT2D eigenvalue weighted by molar-refractivity contribution is 0.661. The molecule has 282 valence electrons. The van der Waals surface area contributed by atoms with E-state index in [2.05, 4.69) is 234 Å². The molecule has 11 rings (SSSR count). The summed E-state index contributed by atoms with van der Waals surface area (Å²) in [5, 5.41) is 5.73. The molecule has 0 aromatic heterocycles. The van der Waals surface area contributed by atoms with E-state index in [4.69, 9.17) is 0 Å². The van der Waals surface area contributed by atoms with Crippen molar-refractivity contribution >= 4 is 40.0 Å². The van der Waals surface area contributed by atoms with Crippen LogP contribution in [0.25, 0.3) is 43.8 Å². The van der Waals surface area contributed by atoms with Crippen LogP contribution in [-0.4, -0.2) is 8.07 Å². The summed E-state index contributed by atoms with van der Waals surface area (Å²) in [5.74, 6) is 0. The van der Waals surface area contributed by atoms with Crippen LogP contribution in [0.1, 0.15) is 72.2 Å². The molecule has 0 amide bonds. The Balaban J connectivity index is 1.36. The Morgan fingerprint density at radius 3 is 0.966 bits per heavy atom. The fourth-order valence-corrected chi connectivity index (χ4v) is 16.7. The third kappa shape index (κ3) is 5.08. The molecule has 3 aliphatic rings. The summed E-state index contributed by atoms with van der Waals surface area (Å²) in [6.07, 6.45) is 0. The Morgan fingerprint density at radius 2 is 0.593 bits per heavy atom. The van der Waals surface area contributed by atoms with Crippen LogP contribution in [0.2, 0.25) is 0 Å². The molecule has 8 aromatic carbocycles. The summed E-state index contributed by atoms with van der Waals surface area (Å²) in [5.41, 5.74) is 18.4. The average Bonchev–Trinajstić information content (AvgIpc) is 3.83. The van der Waals surface area contributed by atoms with Gasteiger partial charge in [0.05, 0.1) is 0 Å². The number of rotatable bonds is 6. The molecule has 2 aliphatic carbocycles. The van der Waals surface area contributed by atoms with Gasteiger partial charge in [-0.15, -0.1) is 0 Å². The molecule has 0 bridgehead atoms. The fourth-order valence-electron chi connectivity index (χ4n) is 11.1. The Bertz CT molecular complexity index is 2790. The number of allylic oxidation sites excluding steroid dienone is 2. The van der Waals surface area contributed by atoms with Crippen LogP contribution in [0, 0.1) is 0 Å². The highest BCUT2D eigenvalue weighted by molar-refractivity contribution is 7.29. The summed E-state index contributed by atoms with van der Waals surface area (Å²) < 4.78 is 0. The SMILES string of the molecule is CC1(C)c2ccccc2-c2ccc([Si]3(c4ccc5c(c4)C(C)(C)c4ccccc4-5)C(c4ccccc4)=C(c4ccccc4)C(c4ccccc4)=C3c3ccccc3)cc21. The molecule has 1 heteroatoms. The first kappa shape index (κ1) is 35.6. The van der Waals surface area contributed by atoms with Crippen LogP contribution >= 0.6 is 0 Å². The van der Waals surface area contributed by atoms with E-state index in [0.29, 0.717) is 0 Å². The first-order valence-corrected chi connectivity index (χ1v) is 23.0. The third-order valence-corrected chi connectivity index (χ3v) is 18.7. The highest BCUT2D eigenvalue weighted by Gasteiger charge is 2.54. The Kier molecular flexibility index (Phi) is 7.99. The number of fused-ring (bicyclic) bond motifs is 6. The van der Waals surface area contributed by atoms with E-state index in [1.807, 2.05) is 0 Å². The molecule has 0 spiro atoms. The van der Waals surface area contributed by atoms with Crippen molar-refractivity contribution in [2.24, 2.45) is 0 Å². The predicted octanol–water partition coefficient (Wildman–Crippen LogP) is 13.2. The molecule has 0 unspecified atom stereocenters. The largest absolute Gasteiger partial charge is 0.182 e. The van der Waals surface area contributed by atoms with Crippen LogP contribution in [0.3, 0.4) is 0 Å². The maximum absolute atomic E-state index is 3.27. The minimum absolute atomic E-state index is 0.157. The molecule has 0 saturated heterocycles. The zero-order valence-electron chi connectivity index (χ0n) is 34.1. The summed E-state index contributed by atoms with van der Waals surface area (Å²) in [6, 6.07) is 78.6. The van der Waals surface area contributed by atoms with Gasteiger partial charge in [0.15, 0.2) is 8.07 Å². The van der Waals surface area contributed by atoms with Gasteiger partial charge in [-0.3, -0.25) is 0 Å². The van der Waals surface area contributed by atoms with Gasteiger partial charge in [-0.2, -0.15) is 0 Å². The van der Waals surface area contributed by atoms with E-state index in [1.54, 1.807) is 0 Å². The van der Waals surface area contributed by atoms with Crippen LogP contribution in [0.5, 0.6) is 0 Å². The summed E-state index contributed by atoms with van der Waals surface area (Å²) >= 11 is 0. The second-order valence-corrected chi connectivity index (χ2v) is 21.2. The monoisotopic (exact) mass is 770 g/mol. The van der Waals surface area contributed by atoms with Crippen molar-refractivity contribution in [3.05, 3.63) is 251 Å². The number of hydrogen-bond donors (Lipinski definition) is 0. The van der Waals surface area contributed by atoms with Gasteiger partial charge in [-0.25, -0.2) is 0 Å². The van der Waals surface area contributed by atoms with Crippen LogP contribution < -0.4 is 10.4 Å². The normalized spacial score (nSPS) is 16.4. The second-order valence-electron chi connectivity index (χ2n) is 17.6. The van der Waals surface area contributed by atoms with Gasteiger partial charge >= 0.3 is 0 Å². The van der Waals surface area contributed by atoms with Gasteiger partial charge in [0.25, 0.3) is 0 Å². The summed E-state index contributed by atoms with van der Waals surface area (Å²) in [6.45, 7) is 9.69. The lowest BCUT2D eigenvalue weighted by Gasteiger charge is -2.38. The van der Waals surface area contributed by atoms with Crippen molar-refractivity contribution in [3.8, 4) is 22.3 Å². The lowest BCUT2D eigenvalue weighted by atomic mass is 9.82. The minimum atomic E-state index is -3.27. The highest BCUT2D eigenvalue weighted by Crippen LogP contribution is 2.57. The molecular formula is C58H46Si. The smallest absolute Gasteiger partial charge is 0.0622 e. The van der Waals surface area contributed by atoms with E-state index in [-0.39, 0.29) is 10.8 Å². The standard InChI is InChI=1S/C58H46Si/c1-57(2)49-31-19-17-29-45(49)47-35-33-43(37-51(47)57)59(44-34-36-48-46-30-18-20-32-50(46)58(3,4)52(48)38-44)55(41-25-13-7-14-26-41)53(39-21-9-5-10-22-39)54(40-23-11-6-12-24-40)56(59)42-27-15-8-16-28-42/h5-38H,1-4H3. The van der Waals surface area contributed by atoms with Gasteiger partial charge in [0, 0.05) is 10.8 Å². The summed E-state index contributed by atoms with van der Waals surface area (Å²) in [7, 11) is -3.27. The fraction of sp³-hybridized carbons (Fsp3) is 0.103. The molecule has 0 N–H and O–H groups in total. The molecule has 0 atom stereocenters. The molecule has 1 aliphatic heterocycles. The number of benzene rings is 8. The topological polar surface area (TPSA) is 0 Å². The van der Waals surface area contributed by atoms with Crippen molar-refractivity contribution in [1.82, 2.24) is 0 Å². The predicted molar refractivity (Wildman–Crippen MR) is 252 cm³/mol. The zero-order valence-corrected chi connectivity index (χ0v) is 35.1. The molecular weight excluding hydrogens is 725 g/mol. The van der Waals surface area contributed by atoms with Crippen LogP contribution in [0.15, 0.2) is 206 Å². The first-order chi connectivity index (χ1) is 28.8. The van der Waals surface area contributed by atoms with Gasteiger partial charge in [-0.1, -0.05) is 234 Å². The molecule has 1 heterocycles. The molecule has 0 radical (unpaired) electrons. The highest BCUT2D eigenvalue weighted by atomic mass is 28.3.